The largest absolute Gasteiger partial charge is 0.482 e. The molecule has 164 valence electrons. The van der Waals surface area contributed by atoms with Crippen LogP contribution in [-0.4, -0.2) is 40.9 Å². The quantitative estimate of drug-likeness (QED) is 0.599. The highest BCUT2D eigenvalue weighted by atomic mass is 16.5. The van der Waals surface area contributed by atoms with Gasteiger partial charge in [0.1, 0.15) is 5.75 Å². The third kappa shape index (κ3) is 5.90. The lowest BCUT2D eigenvalue weighted by Gasteiger charge is -2.13. The standard InChI is InChI=1S/C24H23N3O5/c28-23(29)16-32-22-7-6-20-13-19(22)15-31-11-2-1-10-30-14-17-4-3-5-18(12-17)21-8-9-25-24(26-20)27-21/h1-9,12-13H,10-11,14-16H2,(H,28,29)(H,25,26,27)/b2-1+. The van der Waals surface area contributed by atoms with Crippen molar-refractivity contribution in [1.82, 2.24) is 9.97 Å². The summed E-state index contributed by atoms with van der Waals surface area (Å²) < 4.78 is 16.8. The number of hydrogen-bond donors (Lipinski definition) is 2. The van der Waals surface area contributed by atoms with Crippen molar-refractivity contribution in [2.24, 2.45) is 0 Å². The van der Waals surface area contributed by atoms with E-state index in [0.29, 0.717) is 37.1 Å². The van der Waals surface area contributed by atoms with E-state index in [1.807, 2.05) is 42.5 Å². The van der Waals surface area contributed by atoms with Crippen molar-refractivity contribution >= 4 is 17.6 Å². The van der Waals surface area contributed by atoms with E-state index >= 15 is 0 Å². The summed E-state index contributed by atoms with van der Waals surface area (Å²) in [6.45, 7) is 1.17. The molecule has 0 saturated heterocycles. The first-order chi connectivity index (χ1) is 15.7. The first-order valence-corrected chi connectivity index (χ1v) is 10.1. The average molecular weight is 433 g/mol. The number of carboxylic acid groups (broad SMARTS) is 1. The Balaban J connectivity index is 1.65. The van der Waals surface area contributed by atoms with Gasteiger partial charge in [0.15, 0.2) is 6.61 Å². The van der Waals surface area contributed by atoms with Crippen LogP contribution in [0.4, 0.5) is 11.6 Å². The van der Waals surface area contributed by atoms with Gasteiger partial charge in [0.25, 0.3) is 0 Å². The lowest BCUT2D eigenvalue weighted by molar-refractivity contribution is -0.139. The third-order valence-corrected chi connectivity index (χ3v) is 4.67. The molecule has 0 radical (unpaired) electrons. The predicted octanol–water partition coefficient (Wildman–Crippen LogP) is 3.95. The second-order valence-electron chi connectivity index (χ2n) is 7.10. The number of anilines is 2. The van der Waals surface area contributed by atoms with Gasteiger partial charge in [-0.1, -0.05) is 30.4 Å². The molecule has 2 heterocycles. The van der Waals surface area contributed by atoms with E-state index < -0.39 is 12.6 Å². The smallest absolute Gasteiger partial charge is 0.341 e. The summed E-state index contributed by atoms with van der Waals surface area (Å²) in [6.07, 6.45) is 5.49. The van der Waals surface area contributed by atoms with Crippen LogP contribution >= 0.6 is 0 Å². The van der Waals surface area contributed by atoms with Crippen molar-refractivity contribution in [2.75, 3.05) is 25.1 Å². The van der Waals surface area contributed by atoms with Gasteiger partial charge in [0.2, 0.25) is 5.95 Å². The number of hydrogen-bond acceptors (Lipinski definition) is 7. The fourth-order valence-electron chi connectivity index (χ4n) is 3.20. The molecule has 0 saturated carbocycles. The minimum absolute atomic E-state index is 0.251. The Morgan fingerprint density at radius 2 is 1.91 bits per heavy atom. The zero-order valence-electron chi connectivity index (χ0n) is 17.4. The highest BCUT2D eigenvalue weighted by Gasteiger charge is 2.10. The molecule has 4 rings (SSSR count). The number of fused-ring (bicyclic) bond motifs is 7. The Labute approximate surface area is 185 Å². The molecule has 1 aromatic heterocycles. The number of carbonyl (C=O) groups is 1. The van der Waals surface area contributed by atoms with E-state index in [0.717, 1.165) is 22.5 Å². The van der Waals surface area contributed by atoms with Gasteiger partial charge in [0, 0.05) is 23.0 Å². The van der Waals surface area contributed by atoms with Crippen molar-refractivity contribution < 1.29 is 24.1 Å². The summed E-state index contributed by atoms with van der Waals surface area (Å²) in [5.74, 6) is -0.150. The van der Waals surface area contributed by atoms with Crippen LogP contribution in [0.25, 0.3) is 11.3 Å². The SMILES string of the molecule is O=C(O)COc1ccc2cc1COC/C=C/COCc1cccc(c1)-c1ccnc(n1)N2. The van der Waals surface area contributed by atoms with Crippen LogP contribution in [0.2, 0.25) is 0 Å². The fraction of sp³-hybridized carbons (Fsp3) is 0.208. The zero-order valence-corrected chi connectivity index (χ0v) is 17.4. The number of benzene rings is 2. The average Bonchev–Trinajstić information content (AvgIpc) is 2.80. The normalized spacial score (nSPS) is 15.0. The van der Waals surface area contributed by atoms with Gasteiger partial charge >= 0.3 is 5.97 Å². The first kappa shape index (κ1) is 21.5. The fourth-order valence-corrected chi connectivity index (χ4v) is 3.20. The van der Waals surface area contributed by atoms with Crippen LogP contribution in [0.3, 0.4) is 0 Å². The number of carboxylic acids is 1. The molecule has 0 fully saturated rings. The van der Waals surface area contributed by atoms with Gasteiger partial charge < -0.3 is 24.6 Å². The summed E-state index contributed by atoms with van der Waals surface area (Å²) >= 11 is 0. The summed E-state index contributed by atoms with van der Waals surface area (Å²) in [5.41, 5.74) is 4.27. The monoisotopic (exact) mass is 433 g/mol. The highest BCUT2D eigenvalue weighted by Crippen LogP contribution is 2.26. The van der Waals surface area contributed by atoms with Crippen LogP contribution in [0.1, 0.15) is 11.1 Å². The van der Waals surface area contributed by atoms with Gasteiger partial charge in [0.05, 0.1) is 32.1 Å². The van der Waals surface area contributed by atoms with Gasteiger partial charge in [-0.15, -0.1) is 0 Å². The minimum Gasteiger partial charge on any atom is -0.482 e. The van der Waals surface area contributed by atoms with Crippen LogP contribution in [-0.2, 0) is 27.5 Å². The van der Waals surface area contributed by atoms with Gasteiger partial charge in [-0.25, -0.2) is 14.8 Å². The molecule has 32 heavy (non-hydrogen) atoms. The van der Waals surface area contributed by atoms with Crippen molar-refractivity contribution in [2.45, 2.75) is 13.2 Å². The zero-order chi connectivity index (χ0) is 22.2. The maximum atomic E-state index is 10.9. The molecule has 1 aliphatic rings. The van der Waals surface area contributed by atoms with Crippen LogP contribution in [0, 0.1) is 0 Å². The molecular formula is C24H23N3O5. The van der Waals surface area contributed by atoms with E-state index in [9.17, 15) is 4.79 Å². The molecule has 2 aromatic carbocycles. The summed E-state index contributed by atoms with van der Waals surface area (Å²) in [7, 11) is 0. The summed E-state index contributed by atoms with van der Waals surface area (Å²) in [4.78, 5) is 19.8. The number of nitrogens with one attached hydrogen (secondary N) is 1. The maximum absolute atomic E-state index is 10.9. The lowest BCUT2D eigenvalue weighted by Crippen LogP contribution is -2.11. The first-order valence-electron chi connectivity index (χ1n) is 10.1. The Morgan fingerprint density at radius 1 is 1.06 bits per heavy atom. The van der Waals surface area contributed by atoms with Crippen molar-refractivity contribution in [3.8, 4) is 17.0 Å². The van der Waals surface area contributed by atoms with Crippen LogP contribution < -0.4 is 10.1 Å². The molecule has 0 aliphatic carbocycles. The summed E-state index contributed by atoms with van der Waals surface area (Å²) in [6, 6.07) is 15.2. The van der Waals surface area contributed by atoms with Gasteiger partial charge in [-0.2, -0.15) is 0 Å². The van der Waals surface area contributed by atoms with E-state index in [-0.39, 0.29) is 6.61 Å². The predicted molar refractivity (Wildman–Crippen MR) is 119 cm³/mol. The molecule has 0 atom stereocenters. The Kier molecular flexibility index (Phi) is 7.06. The molecule has 3 aromatic rings. The molecule has 2 N–H and O–H groups in total. The molecule has 0 unspecified atom stereocenters. The maximum Gasteiger partial charge on any atom is 0.341 e. The van der Waals surface area contributed by atoms with Crippen molar-refractivity contribution in [3.63, 3.8) is 0 Å². The minimum atomic E-state index is -1.04. The van der Waals surface area contributed by atoms with Crippen LogP contribution in [0.5, 0.6) is 5.75 Å². The summed E-state index contributed by atoms with van der Waals surface area (Å²) in [5, 5.41) is 12.1. The molecule has 0 spiro atoms. The number of aliphatic carboxylic acids is 1. The second-order valence-corrected chi connectivity index (χ2v) is 7.10. The molecule has 8 nitrogen and oxygen atoms in total. The number of nitrogens with zero attached hydrogens (tertiary/aromatic N) is 2. The highest BCUT2D eigenvalue weighted by molar-refractivity contribution is 5.69. The number of rotatable bonds is 3. The molecule has 1 aliphatic heterocycles. The van der Waals surface area contributed by atoms with Crippen molar-refractivity contribution in [1.29, 1.82) is 0 Å². The lowest BCUT2D eigenvalue weighted by atomic mass is 10.1. The van der Waals surface area contributed by atoms with E-state index in [1.54, 1.807) is 18.3 Å². The van der Waals surface area contributed by atoms with Crippen molar-refractivity contribution in [3.05, 3.63) is 78.0 Å². The molecule has 6 bridgehead atoms. The van der Waals surface area contributed by atoms with E-state index in [4.69, 9.17) is 19.3 Å². The Bertz CT molecular complexity index is 1120. The number of aromatic nitrogens is 2. The molecule has 0 amide bonds. The second kappa shape index (κ2) is 10.5. The molecule has 8 heteroatoms. The van der Waals surface area contributed by atoms with Gasteiger partial charge in [-0.3, -0.25) is 0 Å². The number of ether oxygens (including phenoxy) is 3. The third-order valence-electron chi connectivity index (χ3n) is 4.67. The molecular weight excluding hydrogens is 410 g/mol. The van der Waals surface area contributed by atoms with Crippen LogP contribution in [0.15, 0.2) is 66.9 Å². The van der Waals surface area contributed by atoms with Gasteiger partial charge in [-0.05, 0) is 35.9 Å². The van der Waals surface area contributed by atoms with E-state index in [2.05, 4.69) is 21.4 Å². The Hall–Kier alpha value is -3.75. The topological polar surface area (TPSA) is 103 Å². The Morgan fingerprint density at radius 3 is 2.75 bits per heavy atom. The van der Waals surface area contributed by atoms with E-state index in [1.165, 1.54) is 0 Å².